The van der Waals surface area contributed by atoms with Gasteiger partial charge in [0, 0.05) is 17.8 Å². The molecule has 0 aliphatic carbocycles. The highest BCUT2D eigenvalue weighted by Crippen LogP contribution is 2.20. The lowest BCUT2D eigenvalue weighted by molar-refractivity contribution is 0.0683. The van der Waals surface area contributed by atoms with Crippen molar-refractivity contribution in [1.82, 2.24) is 4.90 Å². The summed E-state index contributed by atoms with van der Waals surface area (Å²) in [5, 5.41) is 9.82. The fourth-order valence-corrected chi connectivity index (χ4v) is 1.52. The first-order chi connectivity index (χ1) is 7.50. The number of nitrogen functional groups attached to an aromatic ring is 1. The smallest absolute Gasteiger partial charge is 0.251 e. The van der Waals surface area contributed by atoms with Gasteiger partial charge in [-0.15, -0.1) is 0 Å². The van der Waals surface area contributed by atoms with Gasteiger partial charge in [0.15, 0.2) is 0 Å². The van der Waals surface area contributed by atoms with E-state index in [9.17, 15) is 13.9 Å². The van der Waals surface area contributed by atoms with Crippen molar-refractivity contribution in [2.75, 3.05) is 25.9 Å². The number of likely N-dealkylation sites (N-methyl/N-ethyl adjacent to an activating group) is 1. The summed E-state index contributed by atoms with van der Waals surface area (Å²) < 4.78 is 24.1. The molecule has 0 amide bonds. The Bertz CT molecular complexity index is 334. The maximum atomic E-state index is 12.1. The van der Waals surface area contributed by atoms with Crippen molar-refractivity contribution in [2.24, 2.45) is 0 Å². The van der Waals surface area contributed by atoms with Crippen molar-refractivity contribution in [3.63, 3.8) is 0 Å². The Morgan fingerprint density at radius 3 is 2.50 bits per heavy atom. The number of benzene rings is 1. The van der Waals surface area contributed by atoms with Gasteiger partial charge in [-0.2, -0.15) is 0 Å². The number of alkyl halides is 2. The number of rotatable bonds is 5. The van der Waals surface area contributed by atoms with Crippen LogP contribution in [0.2, 0.25) is 0 Å². The average Bonchev–Trinajstić information content (AvgIpc) is 2.16. The van der Waals surface area contributed by atoms with Gasteiger partial charge in [-0.05, 0) is 13.1 Å². The zero-order valence-electron chi connectivity index (χ0n) is 9.11. The Kier molecular flexibility index (Phi) is 4.64. The van der Waals surface area contributed by atoms with E-state index in [1.807, 2.05) is 0 Å². The summed E-state index contributed by atoms with van der Waals surface area (Å²) >= 11 is 0. The molecule has 0 spiro atoms. The molecule has 1 rings (SSSR count). The van der Waals surface area contributed by atoms with E-state index >= 15 is 0 Å². The molecule has 0 saturated heterocycles. The van der Waals surface area contributed by atoms with Crippen molar-refractivity contribution in [3.8, 4) is 0 Å². The summed E-state index contributed by atoms with van der Waals surface area (Å²) in [5.74, 6) is 0. The highest BCUT2D eigenvalue weighted by molar-refractivity contribution is 5.47. The van der Waals surface area contributed by atoms with Gasteiger partial charge < -0.3 is 10.8 Å². The van der Waals surface area contributed by atoms with Gasteiger partial charge in [0.25, 0.3) is 6.43 Å². The standard InChI is InChI=1S/C11H16F2N2O/c1-15(7-11(12)13)6-10(16)8-4-2-3-5-9(8)14/h2-5,10-11,16H,6-7,14H2,1H3. The van der Waals surface area contributed by atoms with Crippen LogP contribution in [0.25, 0.3) is 0 Å². The average molecular weight is 230 g/mol. The number of aliphatic hydroxyl groups excluding tert-OH is 1. The Balaban J connectivity index is 2.58. The molecule has 0 aliphatic heterocycles. The van der Waals surface area contributed by atoms with Gasteiger partial charge >= 0.3 is 0 Å². The van der Waals surface area contributed by atoms with Gasteiger partial charge in [0.1, 0.15) is 0 Å². The third-order valence-corrected chi connectivity index (χ3v) is 2.29. The maximum absolute atomic E-state index is 12.1. The molecule has 0 aliphatic rings. The minimum absolute atomic E-state index is 0.137. The maximum Gasteiger partial charge on any atom is 0.251 e. The molecule has 1 unspecified atom stereocenters. The summed E-state index contributed by atoms with van der Waals surface area (Å²) in [4.78, 5) is 1.38. The lowest BCUT2D eigenvalue weighted by Gasteiger charge is -2.21. The fraction of sp³-hybridized carbons (Fsp3) is 0.455. The van der Waals surface area contributed by atoms with Crippen molar-refractivity contribution >= 4 is 5.69 Å². The first-order valence-corrected chi connectivity index (χ1v) is 5.00. The van der Waals surface area contributed by atoms with Crippen LogP contribution >= 0.6 is 0 Å². The van der Waals surface area contributed by atoms with Crippen molar-refractivity contribution < 1.29 is 13.9 Å². The molecule has 0 aromatic heterocycles. The number of nitrogens with two attached hydrogens (primary N) is 1. The van der Waals surface area contributed by atoms with Crippen LogP contribution in [0.4, 0.5) is 14.5 Å². The molecule has 1 atom stereocenters. The van der Waals surface area contributed by atoms with Crippen LogP contribution in [0.15, 0.2) is 24.3 Å². The lowest BCUT2D eigenvalue weighted by Crippen LogP contribution is -2.29. The highest BCUT2D eigenvalue weighted by Gasteiger charge is 2.15. The third kappa shape index (κ3) is 3.75. The molecule has 0 heterocycles. The Morgan fingerprint density at radius 1 is 1.31 bits per heavy atom. The van der Waals surface area contributed by atoms with E-state index in [1.165, 1.54) is 11.9 Å². The summed E-state index contributed by atoms with van der Waals surface area (Å²) in [6.07, 6.45) is -3.24. The van der Waals surface area contributed by atoms with E-state index in [2.05, 4.69) is 0 Å². The molecule has 0 bridgehead atoms. The first-order valence-electron chi connectivity index (χ1n) is 5.00. The first kappa shape index (κ1) is 12.9. The van der Waals surface area contributed by atoms with Crippen LogP contribution in [-0.2, 0) is 0 Å². The van der Waals surface area contributed by atoms with Gasteiger partial charge in [-0.3, -0.25) is 4.90 Å². The van der Waals surface area contributed by atoms with Crippen molar-refractivity contribution in [2.45, 2.75) is 12.5 Å². The number of halogens is 2. The normalized spacial score (nSPS) is 13.4. The molecule has 16 heavy (non-hydrogen) atoms. The number of aliphatic hydroxyl groups is 1. The molecule has 90 valence electrons. The lowest BCUT2D eigenvalue weighted by atomic mass is 10.1. The van der Waals surface area contributed by atoms with Crippen LogP contribution in [0.3, 0.4) is 0 Å². The van der Waals surface area contributed by atoms with Crippen LogP contribution in [-0.4, -0.2) is 36.6 Å². The quantitative estimate of drug-likeness (QED) is 0.754. The molecular weight excluding hydrogens is 214 g/mol. The number of nitrogens with zero attached hydrogens (tertiary/aromatic N) is 1. The summed E-state index contributed by atoms with van der Waals surface area (Å²) in [6.45, 7) is -0.220. The van der Waals surface area contributed by atoms with Crippen LogP contribution in [0.1, 0.15) is 11.7 Å². The SMILES string of the molecule is CN(CC(F)F)CC(O)c1ccccc1N. The van der Waals surface area contributed by atoms with Gasteiger partial charge in [0.05, 0.1) is 12.6 Å². The number of hydrogen-bond donors (Lipinski definition) is 2. The topological polar surface area (TPSA) is 49.5 Å². The van der Waals surface area contributed by atoms with Crippen molar-refractivity contribution in [1.29, 1.82) is 0 Å². The largest absolute Gasteiger partial charge is 0.398 e. The number of hydrogen-bond acceptors (Lipinski definition) is 3. The molecule has 3 N–H and O–H groups in total. The van der Waals surface area contributed by atoms with Gasteiger partial charge in [-0.1, -0.05) is 18.2 Å². The van der Waals surface area contributed by atoms with E-state index in [1.54, 1.807) is 24.3 Å². The van der Waals surface area contributed by atoms with E-state index in [-0.39, 0.29) is 13.1 Å². The van der Waals surface area contributed by atoms with Crippen LogP contribution in [0.5, 0.6) is 0 Å². The highest BCUT2D eigenvalue weighted by atomic mass is 19.3. The van der Waals surface area contributed by atoms with E-state index in [4.69, 9.17) is 5.73 Å². The minimum Gasteiger partial charge on any atom is -0.398 e. The molecule has 1 aromatic carbocycles. The molecule has 0 fully saturated rings. The molecule has 0 saturated carbocycles. The predicted molar refractivity (Wildman–Crippen MR) is 59.3 cm³/mol. The summed E-state index contributed by atoms with van der Waals surface area (Å²) in [7, 11) is 1.54. The minimum atomic E-state index is -2.40. The molecule has 5 heteroatoms. The van der Waals surface area contributed by atoms with Gasteiger partial charge in [0.2, 0.25) is 0 Å². The Hall–Kier alpha value is -1.20. The molecule has 0 radical (unpaired) electrons. The fourth-order valence-electron chi connectivity index (χ4n) is 1.52. The van der Waals surface area contributed by atoms with Crippen LogP contribution < -0.4 is 5.73 Å². The molecule has 1 aromatic rings. The zero-order chi connectivity index (χ0) is 12.1. The summed E-state index contributed by atoms with van der Waals surface area (Å²) in [6, 6.07) is 6.87. The van der Waals surface area contributed by atoms with E-state index < -0.39 is 12.5 Å². The second kappa shape index (κ2) is 5.77. The third-order valence-electron chi connectivity index (χ3n) is 2.29. The molecule has 3 nitrogen and oxygen atoms in total. The van der Waals surface area contributed by atoms with Crippen LogP contribution in [0, 0.1) is 0 Å². The zero-order valence-corrected chi connectivity index (χ0v) is 9.11. The number of para-hydroxylation sites is 1. The Labute approximate surface area is 93.5 Å². The number of anilines is 1. The van der Waals surface area contributed by atoms with Gasteiger partial charge in [-0.25, -0.2) is 8.78 Å². The van der Waals surface area contributed by atoms with E-state index in [0.717, 1.165) is 0 Å². The van der Waals surface area contributed by atoms with E-state index in [0.29, 0.717) is 11.3 Å². The monoisotopic (exact) mass is 230 g/mol. The van der Waals surface area contributed by atoms with Crippen molar-refractivity contribution in [3.05, 3.63) is 29.8 Å². The molecular formula is C11H16F2N2O. The Morgan fingerprint density at radius 2 is 1.94 bits per heavy atom. The second-order valence-electron chi connectivity index (χ2n) is 3.76. The second-order valence-corrected chi connectivity index (χ2v) is 3.76. The summed E-state index contributed by atoms with van der Waals surface area (Å²) in [5.41, 5.74) is 6.72. The predicted octanol–water partition coefficient (Wildman–Crippen LogP) is 1.50.